The van der Waals surface area contributed by atoms with Crippen molar-refractivity contribution in [3.8, 4) is 0 Å². The number of benzene rings is 1. The van der Waals surface area contributed by atoms with Gasteiger partial charge in [0.25, 0.3) is 0 Å². The van der Waals surface area contributed by atoms with E-state index >= 15 is 0 Å². The molecule has 6 heteroatoms. The topological polar surface area (TPSA) is 49.4 Å². The summed E-state index contributed by atoms with van der Waals surface area (Å²) in [5, 5.41) is 2.54. The third-order valence-electron chi connectivity index (χ3n) is 3.22. The number of piperazine rings is 1. The average molecular weight is 285 g/mol. The van der Waals surface area contributed by atoms with Gasteiger partial charge in [-0.3, -0.25) is 14.5 Å². The van der Waals surface area contributed by atoms with E-state index in [0.29, 0.717) is 6.42 Å². The van der Waals surface area contributed by atoms with Crippen LogP contribution in [0.25, 0.3) is 0 Å². The molecule has 0 saturated carbocycles. The Hall–Kier alpha value is -1.62. The minimum absolute atomic E-state index is 0.0401. The number of carbonyl (C=O) groups excluding carboxylic acids is 2. The summed E-state index contributed by atoms with van der Waals surface area (Å²) in [6.07, 6.45) is 0.454. The van der Waals surface area contributed by atoms with E-state index < -0.39 is 17.9 Å². The number of carbonyl (C=O) groups is 2. The van der Waals surface area contributed by atoms with Gasteiger partial charge in [0.15, 0.2) is 5.82 Å². The summed E-state index contributed by atoms with van der Waals surface area (Å²) in [5.74, 6) is -1.31. The van der Waals surface area contributed by atoms with Crippen molar-refractivity contribution >= 4 is 29.1 Å². The highest BCUT2D eigenvalue weighted by atomic mass is 35.5. The van der Waals surface area contributed by atoms with Crippen LogP contribution < -0.4 is 10.2 Å². The van der Waals surface area contributed by atoms with Crippen LogP contribution in [0, 0.1) is 5.82 Å². The van der Waals surface area contributed by atoms with Crippen molar-refractivity contribution in [2.45, 2.75) is 32.4 Å². The van der Waals surface area contributed by atoms with Gasteiger partial charge in [0.05, 0.1) is 10.7 Å². The van der Waals surface area contributed by atoms with E-state index in [9.17, 15) is 14.0 Å². The smallest absolute Gasteiger partial charge is 0.250 e. The Morgan fingerprint density at radius 3 is 2.74 bits per heavy atom. The van der Waals surface area contributed by atoms with Crippen LogP contribution in [0.1, 0.15) is 20.3 Å². The van der Waals surface area contributed by atoms with E-state index in [1.807, 2.05) is 0 Å². The maximum atomic E-state index is 14.0. The Kier molecular flexibility index (Phi) is 3.75. The summed E-state index contributed by atoms with van der Waals surface area (Å²) in [4.78, 5) is 25.3. The molecule has 1 heterocycles. The lowest BCUT2D eigenvalue weighted by molar-refractivity contribution is -0.133. The molecule has 2 unspecified atom stereocenters. The van der Waals surface area contributed by atoms with Crippen molar-refractivity contribution in [3.05, 3.63) is 29.0 Å². The largest absolute Gasteiger partial charge is 0.343 e. The highest BCUT2D eigenvalue weighted by Crippen LogP contribution is 2.29. The second-order valence-electron chi connectivity index (χ2n) is 4.43. The fourth-order valence-corrected chi connectivity index (χ4v) is 2.28. The average Bonchev–Trinajstić information content (AvgIpc) is 2.39. The first-order chi connectivity index (χ1) is 8.97. The van der Waals surface area contributed by atoms with Gasteiger partial charge in [0.2, 0.25) is 11.8 Å². The molecule has 0 aromatic heterocycles. The first-order valence-corrected chi connectivity index (χ1v) is 6.42. The van der Waals surface area contributed by atoms with Crippen LogP contribution in [0.3, 0.4) is 0 Å². The van der Waals surface area contributed by atoms with Crippen LogP contribution in [0.4, 0.5) is 10.1 Å². The van der Waals surface area contributed by atoms with Gasteiger partial charge in [-0.25, -0.2) is 4.39 Å². The van der Waals surface area contributed by atoms with Crippen LogP contribution >= 0.6 is 11.6 Å². The molecule has 0 aliphatic carbocycles. The number of amides is 2. The van der Waals surface area contributed by atoms with Crippen molar-refractivity contribution in [1.82, 2.24) is 5.32 Å². The molecule has 1 aliphatic heterocycles. The molecule has 2 amide bonds. The Morgan fingerprint density at radius 1 is 1.42 bits per heavy atom. The van der Waals surface area contributed by atoms with Crippen LogP contribution in [-0.4, -0.2) is 23.9 Å². The normalized spacial score (nSPS) is 23.5. The molecule has 4 nitrogen and oxygen atoms in total. The fourth-order valence-electron chi connectivity index (χ4n) is 2.11. The minimum Gasteiger partial charge on any atom is -0.343 e. The molecular formula is C13H14ClFN2O2. The molecule has 1 aromatic carbocycles. The fraction of sp³-hybridized carbons (Fsp3) is 0.385. The predicted molar refractivity (Wildman–Crippen MR) is 70.6 cm³/mol. The molecule has 1 fully saturated rings. The molecular weight excluding hydrogens is 271 g/mol. The van der Waals surface area contributed by atoms with Crippen molar-refractivity contribution in [2.24, 2.45) is 0 Å². The Balaban J connectivity index is 2.48. The summed E-state index contributed by atoms with van der Waals surface area (Å²) in [6, 6.07) is 3.01. The maximum Gasteiger partial charge on any atom is 0.250 e. The molecule has 102 valence electrons. The predicted octanol–water partition coefficient (Wildman–Crippen LogP) is 2.11. The zero-order chi connectivity index (χ0) is 14.2. The molecule has 2 rings (SSSR count). The van der Waals surface area contributed by atoms with Gasteiger partial charge >= 0.3 is 0 Å². The highest BCUT2D eigenvalue weighted by Gasteiger charge is 2.39. The Morgan fingerprint density at radius 2 is 2.11 bits per heavy atom. The second kappa shape index (κ2) is 5.17. The van der Waals surface area contributed by atoms with E-state index in [2.05, 4.69) is 5.32 Å². The highest BCUT2D eigenvalue weighted by molar-refractivity contribution is 6.31. The standard InChI is InChI=1S/C13H14ClFN2O2/c1-3-9-13(19)17(7(2)12(18)16-9)10-6-4-5-8(14)11(10)15/h4-7,9H,3H2,1-2H3,(H,16,18). The number of anilines is 1. The first kappa shape index (κ1) is 13.8. The van der Waals surface area contributed by atoms with E-state index in [1.54, 1.807) is 19.9 Å². The lowest BCUT2D eigenvalue weighted by Gasteiger charge is -2.37. The van der Waals surface area contributed by atoms with Crippen LogP contribution in [-0.2, 0) is 9.59 Å². The monoisotopic (exact) mass is 284 g/mol. The SMILES string of the molecule is CCC1NC(=O)C(C)N(c2cccc(Cl)c2F)C1=O. The van der Waals surface area contributed by atoms with Gasteiger partial charge in [-0.05, 0) is 25.5 Å². The maximum absolute atomic E-state index is 14.0. The van der Waals surface area contributed by atoms with Gasteiger partial charge in [-0.15, -0.1) is 0 Å². The second-order valence-corrected chi connectivity index (χ2v) is 4.83. The van der Waals surface area contributed by atoms with Crippen molar-refractivity contribution in [3.63, 3.8) is 0 Å². The number of nitrogens with zero attached hydrogens (tertiary/aromatic N) is 1. The molecule has 0 bridgehead atoms. The minimum atomic E-state index is -0.761. The van der Waals surface area contributed by atoms with Crippen molar-refractivity contribution in [2.75, 3.05) is 4.90 Å². The van der Waals surface area contributed by atoms with E-state index in [-0.39, 0.29) is 22.5 Å². The Bertz CT molecular complexity index is 535. The quantitative estimate of drug-likeness (QED) is 0.904. The van der Waals surface area contributed by atoms with Gasteiger partial charge in [-0.1, -0.05) is 24.6 Å². The van der Waals surface area contributed by atoms with Crippen LogP contribution in [0.15, 0.2) is 18.2 Å². The number of hydrogen-bond acceptors (Lipinski definition) is 2. The molecule has 0 radical (unpaired) electrons. The Labute approximate surface area is 115 Å². The molecule has 1 aliphatic rings. The summed E-state index contributed by atoms with van der Waals surface area (Å²) >= 11 is 5.72. The third-order valence-corrected chi connectivity index (χ3v) is 3.51. The molecule has 1 saturated heterocycles. The lowest BCUT2D eigenvalue weighted by atomic mass is 10.0. The van der Waals surface area contributed by atoms with Crippen molar-refractivity contribution in [1.29, 1.82) is 0 Å². The van der Waals surface area contributed by atoms with Gasteiger partial charge < -0.3 is 5.32 Å². The third kappa shape index (κ3) is 2.30. The van der Waals surface area contributed by atoms with Crippen LogP contribution in [0.5, 0.6) is 0 Å². The molecule has 2 atom stereocenters. The van der Waals surface area contributed by atoms with Gasteiger partial charge in [-0.2, -0.15) is 0 Å². The summed E-state index contributed by atoms with van der Waals surface area (Å²) in [7, 11) is 0. The van der Waals surface area contributed by atoms with E-state index in [0.717, 1.165) is 0 Å². The van der Waals surface area contributed by atoms with Crippen molar-refractivity contribution < 1.29 is 14.0 Å². The van der Waals surface area contributed by atoms with E-state index in [4.69, 9.17) is 11.6 Å². The van der Waals surface area contributed by atoms with Gasteiger partial charge in [0.1, 0.15) is 12.1 Å². The molecule has 1 N–H and O–H groups in total. The summed E-state index contributed by atoms with van der Waals surface area (Å²) in [6.45, 7) is 3.34. The first-order valence-electron chi connectivity index (χ1n) is 6.04. The zero-order valence-corrected chi connectivity index (χ0v) is 11.4. The van der Waals surface area contributed by atoms with E-state index in [1.165, 1.54) is 17.0 Å². The lowest BCUT2D eigenvalue weighted by Crippen LogP contribution is -2.62. The number of halogens is 2. The van der Waals surface area contributed by atoms with Gasteiger partial charge in [0, 0.05) is 0 Å². The molecule has 0 spiro atoms. The number of rotatable bonds is 2. The molecule has 19 heavy (non-hydrogen) atoms. The zero-order valence-electron chi connectivity index (χ0n) is 10.6. The summed E-state index contributed by atoms with van der Waals surface area (Å²) < 4.78 is 14.0. The number of nitrogens with one attached hydrogen (secondary N) is 1. The van der Waals surface area contributed by atoms with Crippen LogP contribution in [0.2, 0.25) is 5.02 Å². The summed E-state index contributed by atoms with van der Waals surface area (Å²) in [5.41, 5.74) is 0.0401. The molecule has 1 aromatic rings. The number of hydrogen-bond donors (Lipinski definition) is 1.